The Labute approximate surface area is 102 Å². The Balaban J connectivity index is 1.71. The molecule has 1 aliphatic heterocycles. The van der Waals surface area contributed by atoms with Crippen LogP contribution in [0.25, 0.3) is 0 Å². The lowest BCUT2D eigenvalue weighted by molar-refractivity contribution is 0.174. The van der Waals surface area contributed by atoms with Crippen molar-refractivity contribution in [2.75, 3.05) is 18.1 Å². The van der Waals surface area contributed by atoms with E-state index >= 15 is 0 Å². The maximum absolute atomic E-state index is 5.51. The molecule has 1 aliphatic rings. The standard InChI is InChI=1S/C10H10N6O2/c11-16-5-13-15-10(16)14-12-4-7-1-2-8-9(3-7)18-6-17-8/h1-5H,6,11H2,(H,14,15). The van der Waals surface area contributed by atoms with Gasteiger partial charge in [0.1, 0.15) is 6.33 Å². The van der Waals surface area contributed by atoms with E-state index in [9.17, 15) is 0 Å². The smallest absolute Gasteiger partial charge is 0.263 e. The van der Waals surface area contributed by atoms with Crippen LogP contribution < -0.4 is 20.7 Å². The van der Waals surface area contributed by atoms with Crippen LogP contribution in [0.15, 0.2) is 29.6 Å². The first-order valence-electron chi connectivity index (χ1n) is 5.17. The second-order valence-electron chi connectivity index (χ2n) is 3.54. The predicted molar refractivity (Wildman–Crippen MR) is 64.0 cm³/mol. The highest BCUT2D eigenvalue weighted by molar-refractivity contribution is 5.81. The molecule has 1 aromatic carbocycles. The van der Waals surface area contributed by atoms with Crippen molar-refractivity contribution in [3.8, 4) is 11.5 Å². The summed E-state index contributed by atoms with van der Waals surface area (Å²) in [5, 5.41) is 11.3. The van der Waals surface area contributed by atoms with Gasteiger partial charge in [-0.1, -0.05) is 0 Å². The molecule has 3 N–H and O–H groups in total. The molecule has 1 aromatic heterocycles. The largest absolute Gasteiger partial charge is 0.454 e. The quantitative estimate of drug-likeness (QED) is 0.455. The van der Waals surface area contributed by atoms with Crippen LogP contribution >= 0.6 is 0 Å². The van der Waals surface area contributed by atoms with Crippen LogP contribution in [0.5, 0.6) is 11.5 Å². The number of hydrogen-bond acceptors (Lipinski definition) is 7. The van der Waals surface area contributed by atoms with Crippen LogP contribution in [0, 0.1) is 0 Å². The third-order valence-corrected chi connectivity index (χ3v) is 2.35. The van der Waals surface area contributed by atoms with Crippen molar-refractivity contribution in [2.45, 2.75) is 0 Å². The highest BCUT2D eigenvalue weighted by atomic mass is 16.7. The lowest BCUT2D eigenvalue weighted by Gasteiger charge is -1.99. The molecule has 0 spiro atoms. The van der Waals surface area contributed by atoms with Gasteiger partial charge in [0.05, 0.1) is 6.21 Å². The summed E-state index contributed by atoms with van der Waals surface area (Å²) in [6, 6.07) is 5.53. The van der Waals surface area contributed by atoms with Crippen LogP contribution in [0.3, 0.4) is 0 Å². The topological polar surface area (TPSA) is 99.6 Å². The van der Waals surface area contributed by atoms with Gasteiger partial charge < -0.3 is 15.3 Å². The Morgan fingerprint density at radius 2 is 2.28 bits per heavy atom. The molecule has 3 rings (SSSR count). The molecule has 0 radical (unpaired) electrons. The number of hydrazone groups is 1. The van der Waals surface area contributed by atoms with Crippen LogP contribution in [-0.4, -0.2) is 27.9 Å². The summed E-state index contributed by atoms with van der Waals surface area (Å²) in [6.07, 6.45) is 3.00. The fourth-order valence-corrected chi connectivity index (χ4v) is 1.48. The van der Waals surface area contributed by atoms with Gasteiger partial charge in [-0.3, -0.25) is 0 Å². The molecule has 0 fully saturated rings. The fourth-order valence-electron chi connectivity index (χ4n) is 1.48. The first-order chi connectivity index (χ1) is 8.83. The van der Waals surface area contributed by atoms with Crippen molar-refractivity contribution in [1.82, 2.24) is 14.9 Å². The van der Waals surface area contributed by atoms with E-state index in [1.54, 1.807) is 6.21 Å². The summed E-state index contributed by atoms with van der Waals surface area (Å²) in [5.74, 6) is 7.31. The van der Waals surface area contributed by atoms with Gasteiger partial charge in [-0.05, 0) is 23.8 Å². The van der Waals surface area contributed by atoms with Gasteiger partial charge >= 0.3 is 0 Å². The summed E-state index contributed by atoms with van der Waals surface area (Å²) in [7, 11) is 0. The van der Waals surface area contributed by atoms with Crippen LogP contribution in [0.1, 0.15) is 5.56 Å². The number of benzene rings is 1. The van der Waals surface area contributed by atoms with Crippen molar-refractivity contribution < 1.29 is 9.47 Å². The number of fused-ring (bicyclic) bond motifs is 1. The number of hydrogen-bond donors (Lipinski definition) is 2. The van der Waals surface area contributed by atoms with Crippen LogP contribution in [0.2, 0.25) is 0 Å². The molecule has 0 amide bonds. The number of aromatic nitrogens is 3. The van der Waals surface area contributed by atoms with Gasteiger partial charge in [-0.25, -0.2) is 10.1 Å². The SMILES string of the molecule is Nn1cnnc1NN=Cc1ccc2c(c1)OCO2. The molecule has 92 valence electrons. The molecule has 2 heterocycles. The molecule has 0 atom stereocenters. The van der Waals surface area contributed by atoms with Gasteiger partial charge in [0, 0.05) is 0 Å². The van der Waals surface area contributed by atoms with E-state index < -0.39 is 0 Å². The Bertz CT molecular complexity index is 594. The number of ether oxygens (including phenoxy) is 2. The minimum absolute atomic E-state index is 0.254. The number of nitrogens with two attached hydrogens (primary N) is 1. The molecule has 0 aliphatic carbocycles. The third kappa shape index (κ3) is 1.90. The second kappa shape index (κ2) is 4.24. The average Bonchev–Trinajstić information content (AvgIpc) is 2.98. The highest BCUT2D eigenvalue weighted by Crippen LogP contribution is 2.31. The van der Waals surface area contributed by atoms with Gasteiger partial charge in [0.2, 0.25) is 6.79 Å². The van der Waals surface area contributed by atoms with E-state index in [1.165, 1.54) is 11.0 Å². The normalized spacial score (nSPS) is 13.1. The predicted octanol–water partition coefficient (Wildman–Crippen LogP) is 0.167. The number of nitrogens with zero attached hydrogens (tertiary/aromatic N) is 4. The number of nitrogen functional groups attached to an aromatic ring is 1. The molecule has 2 aromatic rings. The Morgan fingerprint density at radius 3 is 3.11 bits per heavy atom. The summed E-state index contributed by atoms with van der Waals surface area (Å²) in [5.41, 5.74) is 3.54. The molecular formula is C10H10N6O2. The van der Waals surface area contributed by atoms with Gasteiger partial charge in [0.15, 0.2) is 11.5 Å². The number of nitrogens with one attached hydrogen (secondary N) is 1. The van der Waals surface area contributed by atoms with Crippen molar-refractivity contribution in [1.29, 1.82) is 0 Å². The zero-order valence-corrected chi connectivity index (χ0v) is 9.28. The van der Waals surface area contributed by atoms with Crippen LogP contribution in [-0.2, 0) is 0 Å². The van der Waals surface area contributed by atoms with Gasteiger partial charge in [0.25, 0.3) is 5.95 Å². The number of anilines is 1. The lowest BCUT2D eigenvalue weighted by Crippen LogP contribution is -2.10. The summed E-state index contributed by atoms with van der Waals surface area (Å²) < 4.78 is 11.7. The highest BCUT2D eigenvalue weighted by Gasteiger charge is 2.12. The van der Waals surface area contributed by atoms with Crippen molar-refractivity contribution in [3.05, 3.63) is 30.1 Å². The Morgan fingerprint density at radius 1 is 1.39 bits per heavy atom. The summed E-state index contributed by atoms with van der Waals surface area (Å²) in [6.45, 7) is 0.254. The minimum atomic E-state index is 0.254. The molecule has 8 nitrogen and oxygen atoms in total. The van der Waals surface area contributed by atoms with Gasteiger partial charge in [-0.15, -0.1) is 10.2 Å². The van der Waals surface area contributed by atoms with E-state index in [4.69, 9.17) is 15.3 Å². The van der Waals surface area contributed by atoms with Crippen molar-refractivity contribution in [2.24, 2.45) is 5.10 Å². The Kier molecular flexibility index (Phi) is 2.45. The summed E-state index contributed by atoms with van der Waals surface area (Å²) in [4.78, 5) is 0. The van der Waals surface area contributed by atoms with E-state index in [-0.39, 0.29) is 6.79 Å². The second-order valence-corrected chi connectivity index (χ2v) is 3.54. The zero-order valence-electron chi connectivity index (χ0n) is 9.28. The first-order valence-corrected chi connectivity index (χ1v) is 5.17. The lowest BCUT2D eigenvalue weighted by atomic mass is 10.2. The van der Waals surface area contributed by atoms with E-state index in [1.807, 2.05) is 18.2 Å². The maximum Gasteiger partial charge on any atom is 0.263 e. The molecule has 8 heteroatoms. The van der Waals surface area contributed by atoms with E-state index in [0.29, 0.717) is 11.7 Å². The van der Waals surface area contributed by atoms with E-state index in [0.717, 1.165) is 11.3 Å². The van der Waals surface area contributed by atoms with Crippen molar-refractivity contribution >= 4 is 12.2 Å². The summed E-state index contributed by atoms with van der Waals surface area (Å²) >= 11 is 0. The monoisotopic (exact) mass is 246 g/mol. The van der Waals surface area contributed by atoms with E-state index in [2.05, 4.69) is 20.7 Å². The fraction of sp³-hybridized carbons (Fsp3) is 0.100. The van der Waals surface area contributed by atoms with Gasteiger partial charge in [-0.2, -0.15) is 5.10 Å². The molecule has 0 saturated heterocycles. The third-order valence-electron chi connectivity index (χ3n) is 2.35. The van der Waals surface area contributed by atoms with Crippen LogP contribution in [0.4, 0.5) is 5.95 Å². The molecular weight excluding hydrogens is 236 g/mol. The molecule has 0 unspecified atom stereocenters. The minimum Gasteiger partial charge on any atom is -0.454 e. The maximum atomic E-state index is 5.51. The molecule has 0 saturated carbocycles. The Hall–Kier alpha value is -2.77. The molecule has 18 heavy (non-hydrogen) atoms. The molecule has 0 bridgehead atoms. The first kappa shape index (κ1) is 10.4. The average molecular weight is 246 g/mol. The number of rotatable bonds is 3. The zero-order chi connectivity index (χ0) is 12.4. The van der Waals surface area contributed by atoms with Crippen molar-refractivity contribution in [3.63, 3.8) is 0 Å².